The number of rotatable bonds is 2. The van der Waals surface area contributed by atoms with Crippen LogP contribution in [0.4, 0.5) is 10.5 Å². The summed E-state index contributed by atoms with van der Waals surface area (Å²) in [4.78, 5) is 25.1. The number of aryl methyl sites for hydroxylation is 1. The third-order valence-corrected chi connectivity index (χ3v) is 3.39. The maximum atomic E-state index is 12.2. The standard InChI is InChI=1S/C15H21N3O2/c1-11-5-3-6-13(9-11)17-15(20)18-8-4-7-14(10-18)16-12(2)19/h3,5-6,9,14H,4,7-8,10H2,1-2H3,(H,16,19)(H,17,20). The molecule has 1 aromatic carbocycles. The van der Waals surface area contributed by atoms with E-state index in [2.05, 4.69) is 10.6 Å². The fourth-order valence-electron chi connectivity index (χ4n) is 2.49. The normalized spacial score (nSPS) is 18.5. The van der Waals surface area contributed by atoms with Crippen molar-refractivity contribution in [3.05, 3.63) is 29.8 Å². The second kappa shape index (κ2) is 6.41. The van der Waals surface area contributed by atoms with Crippen molar-refractivity contribution in [2.75, 3.05) is 18.4 Å². The first-order valence-corrected chi connectivity index (χ1v) is 6.94. The van der Waals surface area contributed by atoms with Crippen LogP contribution in [-0.4, -0.2) is 36.0 Å². The Balaban J connectivity index is 1.93. The fraction of sp³-hybridized carbons (Fsp3) is 0.467. The topological polar surface area (TPSA) is 61.4 Å². The number of nitrogens with one attached hydrogen (secondary N) is 2. The van der Waals surface area contributed by atoms with E-state index in [1.807, 2.05) is 31.2 Å². The lowest BCUT2D eigenvalue weighted by Gasteiger charge is -2.33. The van der Waals surface area contributed by atoms with E-state index in [1.54, 1.807) is 4.90 Å². The van der Waals surface area contributed by atoms with Crippen LogP contribution in [0.15, 0.2) is 24.3 Å². The van der Waals surface area contributed by atoms with Gasteiger partial charge in [0, 0.05) is 31.7 Å². The second-order valence-electron chi connectivity index (χ2n) is 5.29. The van der Waals surface area contributed by atoms with Gasteiger partial charge >= 0.3 is 6.03 Å². The minimum Gasteiger partial charge on any atom is -0.352 e. The largest absolute Gasteiger partial charge is 0.352 e. The van der Waals surface area contributed by atoms with Gasteiger partial charge in [-0.05, 0) is 37.5 Å². The second-order valence-corrected chi connectivity index (χ2v) is 5.29. The van der Waals surface area contributed by atoms with Crippen LogP contribution in [0, 0.1) is 6.92 Å². The summed E-state index contributed by atoms with van der Waals surface area (Å²) in [6, 6.07) is 7.67. The minimum absolute atomic E-state index is 0.0454. The smallest absolute Gasteiger partial charge is 0.321 e. The lowest BCUT2D eigenvalue weighted by molar-refractivity contribution is -0.119. The molecule has 1 atom stereocenters. The van der Waals surface area contributed by atoms with Crippen LogP contribution in [0.25, 0.3) is 0 Å². The van der Waals surface area contributed by atoms with Crippen LogP contribution in [0.5, 0.6) is 0 Å². The van der Waals surface area contributed by atoms with Gasteiger partial charge in [-0.25, -0.2) is 4.79 Å². The Hall–Kier alpha value is -2.04. The van der Waals surface area contributed by atoms with Crippen molar-refractivity contribution >= 4 is 17.6 Å². The monoisotopic (exact) mass is 275 g/mol. The molecule has 1 heterocycles. The van der Waals surface area contributed by atoms with Gasteiger partial charge in [0.1, 0.15) is 0 Å². The molecule has 0 bridgehead atoms. The van der Waals surface area contributed by atoms with Crippen molar-refractivity contribution in [3.8, 4) is 0 Å². The summed E-state index contributed by atoms with van der Waals surface area (Å²) in [7, 11) is 0. The van der Waals surface area contributed by atoms with Gasteiger partial charge in [-0.15, -0.1) is 0 Å². The lowest BCUT2D eigenvalue weighted by atomic mass is 10.1. The third kappa shape index (κ3) is 3.98. The summed E-state index contributed by atoms with van der Waals surface area (Å²) in [5.74, 6) is -0.0454. The molecule has 0 aromatic heterocycles. The molecule has 108 valence electrons. The Morgan fingerprint density at radius 2 is 2.15 bits per heavy atom. The number of amides is 3. The highest BCUT2D eigenvalue weighted by Gasteiger charge is 2.24. The molecule has 3 amide bonds. The first kappa shape index (κ1) is 14.4. The fourth-order valence-corrected chi connectivity index (χ4v) is 2.49. The summed E-state index contributed by atoms with van der Waals surface area (Å²) >= 11 is 0. The first-order valence-electron chi connectivity index (χ1n) is 6.94. The number of nitrogens with zero attached hydrogens (tertiary/aromatic N) is 1. The summed E-state index contributed by atoms with van der Waals surface area (Å²) < 4.78 is 0. The van der Waals surface area contributed by atoms with E-state index in [0.29, 0.717) is 6.54 Å². The maximum absolute atomic E-state index is 12.2. The summed E-state index contributed by atoms with van der Waals surface area (Å²) in [6.45, 7) is 4.79. The van der Waals surface area contributed by atoms with Crippen LogP contribution in [0.3, 0.4) is 0 Å². The third-order valence-electron chi connectivity index (χ3n) is 3.39. The van der Waals surface area contributed by atoms with Crippen molar-refractivity contribution < 1.29 is 9.59 Å². The van der Waals surface area contributed by atoms with E-state index >= 15 is 0 Å². The van der Waals surface area contributed by atoms with E-state index in [0.717, 1.165) is 30.6 Å². The number of carbonyl (C=O) groups is 2. The van der Waals surface area contributed by atoms with Crippen LogP contribution < -0.4 is 10.6 Å². The molecule has 5 nitrogen and oxygen atoms in total. The maximum Gasteiger partial charge on any atom is 0.321 e. The van der Waals surface area contributed by atoms with Crippen molar-refractivity contribution in [2.45, 2.75) is 32.7 Å². The van der Waals surface area contributed by atoms with Gasteiger partial charge in [0.15, 0.2) is 0 Å². The number of hydrogen-bond acceptors (Lipinski definition) is 2. The molecule has 1 aliphatic heterocycles. The van der Waals surface area contributed by atoms with E-state index in [1.165, 1.54) is 6.92 Å². The Kier molecular flexibility index (Phi) is 4.61. The molecule has 1 fully saturated rings. The molecule has 1 aromatic rings. The number of benzene rings is 1. The molecule has 0 radical (unpaired) electrons. The van der Waals surface area contributed by atoms with Crippen molar-refractivity contribution in [2.24, 2.45) is 0 Å². The highest BCUT2D eigenvalue weighted by molar-refractivity contribution is 5.89. The van der Waals surface area contributed by atoms with Gasteiger partial charge in [-0.3, -0.25) is 4.79 Å². The van der Waals surface area contributed by atoms with Crippen LogP contribution in [0.2, 0.25) is 0 Å². The highest BCUT2D eigenvalue weighted by atomic mass is 16.2. The van der Waals surface area contributed by atoms with Gasteiger partial charge < -0.3 is 15.5 Å². The lowest BCUT2D eigenvalue weighted by Crippen LogP contribution is -2.50. The van der Waals surface area contributed by atoms with E-state index in [9.17, 15) is 9.59 Å². The van der Waals surface area contributed by atoms with Gasteiger partial charge in [0.25, 0.3) is 0 Å². The van der Waals surface area contributed by atoms with Crippen LogP contribution >= 0.6 is 0 Å². The Bertz CT molecular complexity index is 502. The molecular weight excluding hydrogens is 254 g/mol. The zero-order valence-corrected chi connectivity index (χ0v) is 12.0. The van der Waals surface area contributed by atoms with E-state index in [-0.39, 0.29) is 18.0 Å². The van der Waals surface area contributed by atoms with E-state index < -0.39 is 0 Å². The summed E-state index contributed by atoms with van der Waals surface area (Å²) in [5.41, 5.74) is 1.91. The Morgan fingerprint density at radius 3 is 2.85 bits per heavy atom. The molecular formula is C15H21N3O2. The van der Waals surface area contributed by atoms with Crippen molar-refractivity contribution in [1.82, 2.24) is 10.2 Å². The molecule has 20 heavy (non-hydrogen) atoms. The predicted octanol–water partition coefficient (Wildman–Crippen LogP) is 2.13. The average Bonchev–Trinajstić information content (AvgIpc) is 2.38. The SMILES string of the molecule is CC(=O)NC1CCCN(C(=O)Nc2cccc(C)c2)C1. The molecule has 1 saturated heterocycles. The van der Waals surface area contributed by atoms with Gasteiger partial charge in [0.05, 0.1) is 0 Å². The van der Waals surface area contributed by atoms with Gasteiger partial charge in [-0.1, -0.05) is 12.1 Å². The molecule has 0 spiro atoms. The van der Waals surface area contributed by atoms with Crippen molar-refractivity contribution in [1.29, 1.82) is 0 Å². The Labute approximate surface area is 119 Å². The van der Waals surface area contributed by atoms with Crippen molar-refractivity contribution in [3.63, 3.8) is 0 Å². The number of hydrogen-bond donors (Lipinski definition) is 2. The molecule has 5 heteroatoms. The minimum atomic E-state index is -0.106. The van der Waals surface area contributed by atoms with E-state index in [4.69, 9.17) is 0 Å². The van der Waals surface area contributed by atoms with Crippen LogP contribution in [-0.2, 0) is 4.79 Å². The molecule has 0 saturated carbocycles. The predicted molar refractivity (Wildman–Crippen MR) is 78.6 cm³/mol. The number of piperidine rings is 1. The molecule has 1 unspecified atom stereocenters. The van der Waals surface area contributed by atoms with Gasteiger partial charge in [0.2, 0.25) is 5.91 Å². The quantitative estimate of drug-likeness (QED) is 0.868. The highest BCUT2D eigenvalue weighted by Crippen LogP contribution is 2.14. The molecule has 2 rings (SSSR count). The molecule has 0 aliphatic carbocycles. The Morgan fingerprint density at radius 1 is 1.35 bits per heavy atom. The average molecular weight is 275 g/mol. The molecule has 2 N–H and O–H groups in total. The number of anilines is 1. The molecule has 1 aliphatic rings. The summed E-state index contributed by atoms with van der Waals surface area (Å²) in [5, 5.41) is 5.78. The van der Waals surface area contributed by atoms with Gasteiger partial charge in [-0.2, -0.15) is 0 Å². The first-order chi connectivity index (χ1) is 9.54. The number of urea groups is 1. The number of carbonyl (C=O) groups excluding carboxylic acids is 2. The summed E-state index contributed by atoms with van der Waals surface area (Å²) in [6.07, 6.45) is 1.83. The number of likely N-dealkylation sites (tertiary alicyclic amines) is 1. The van der Waals surface area contributed by atoms with Crippen LogP contribution in [0.1, 0.15) is 25.3 Å². The zero-order chi connectivity index (χ0) is 14.5. The zero-order valence-electron chi connectivity index (χ0n) is 12.0.